The van der Waals surface area contributed by atoms with Gasteiger partial charge in [-0.25, -0.2) is 9.97 Å². The van der Waals surface area contributed by atoms with Crippen LogP contribution in [0.4, 0.5) is 5.82 Å². The number of piperidine rings is 1. The fraction of sp³-hybridized carbons (Fsp3) is 0.368. The van der Waals surface area contributed by atoms with Crippen LogP contribution >= 0.6 is 0 Å². The fourth-order valence-electron chi connectivity index (χ4n) is 3.35. The molecular formula is C19H22N6O. The minimum Gasteiger partial charge on any atom is -0.365 e. The first-order valence-electron chi connectivity index (χ1n) is 8.88. The summed E-state index contributed by atoms with van der Waals surface area (Å²) in [7, 11) is 1.71. The van der Waals surface area contributed by atoms with E-state index in [1.54, 1.807) is 19.6 Å². The zero-order valence-electron chi connectivity index (χ0n) is 15.0. The summed E-state index contributed by atoms with van der Waals surface area (Å²) in [4.78, 5) is 26.2. The molecule has 0 aromatic carbocycles. The first kappa shape index (κ1) is 16.7. The monoisotopic (exact) mass is 350 g/mol. The Balaban J connectivity index is 1.87. The van der Waals surface area contributed by atoms with Gasteiger partial charge in [-0.1, -0.05) is 0 Å². The molecule has 0 spiro atoms. The molecule has 1 aliphatic rings. The van der Waals surface area contributed by atoms with Gasteiger partial charge in [-0.2, -0.15) is 0 Å². The predicted molar refractivity (Wildman–Crippen MR) is 102 cm³/mol. The van der Waals surface area contributed by atoms with Crippen LogP contribution < -0.4 is 16.2 Å². The van der Waals surface area contributed by atoms with Gasteiger partial charge in [0, 0.05) is 37.1 Å². The van der Waals surface area contributed by atoms with Crippen LogP contribution in [0.3, 0.4) is 0 Å². The molecule has 1 aliphatic heterocycles. The van der Waals surface area contributed by atoms with E-state index >= 15 is 0 Å². The van der Waals surface area contributed by atoms with Crippen LogP contribution in [0.5, 0.6) is 0 Å². The summed E-state index contributed by atoms with van der Waals surface area (Å²) >= 11 is 0. The van der Waals surface area contributed by atoms with Crippen molar-refractivity contribution in [2.75, 3.05) is 18.4 Å². The van der Waals surface area contributed by atoms with Crippen LogP contribution in [0, 0.1) is 6.92 Å². The maximum Gasteiger partial charge on any atom is 0.264 e. The minimum atomic E-state index is -0.0915. The highest BCUT2D eigenvalue weighted by Crippen LogP contribution is 2.26. The second-order valence-corrected chi connectivity index (χ2v) is 6.78. The molecule has 3 aromatic rings. The van der Waals surface area contributed by atoms with Crippen molar-refractivity contribution in [3.63, 3.8) is 0 Å². The summed E-state index contributed by atoms with van der Waals surface area (Å²) < 4.78 is 1.49. The molecule has 1 atom stereocenters. The van der Waals surface area contributed by atoms with Gasteiger partial charge in [-0.15, -0.1) is 0 Å². The van der Waals surface area contributed by atoms with Gasteiger partial charge in [0.25, 0.3) is 5.56 Å². The van der Waals surface area contributed by atoms with Gasteiger partial charge in [0.1, 0.15) is 11.2 Å². The average Bonchev–Trinajstić information content (AvgIpc) is 2.65. The molecule has 7 heteroatoms. The SMILES string of the molecule is Cc1cc(-c2cc3ncn(C)c(=O)c3c(NC3CCCNC3)n2)ccn1. The number of nitrogens with zero attached hydrogens (tertiary/aromatic N) is 4. The standard InChI is InChI=1S/C19H22N6O/c1-12-8-13(5-7-21-12)15-9-16-17(19(26)25(2)11-22-16)18(24-15)23-14-4-3-6-20-10-14/h5,7-9,11,14,20H,3-4,6,10H2,1-2H3,(H,23,24). The summed E-state index contributed by atoms with van der Waals surface area (Å²) in [6.45, 7) is 3.85. The van der Waals surface area contributed by atoms with Gasteiger partial charge in [0.05, 0.1) is 17.5 Å². The normalized spacial score (nSPS) is 17.4. The Hall–Kier alpha value is -2.80. The summed E-state index contributed by atoms with van der Waals surface area (Å²) in [5.41, 5.74) is 3.24. The molecule has 7 nitrogen and oxygen atoms in total. The number of nitrogens with one attached hydrogen (secondary N) is 2. The summed E-state index contributed by atoms with van der Waals surface area (Å²) in [6.07, 6.45) is 5.48. The third-order valence-corrected chi connectivity index (χ3v) is 4.73. The molecular weight excluding hydrogens is 328 g/mol. The first-order chi connectivity index (χ1) is 12.6. The lowest BCUT2D eigenvalue weighted by Gasteiger charge is -2.25. The van der Waals surface area contributed by atoms with E-state index in [4.69, 9.17) is 4.98 Å². The van der Waals surface area contributed by atoms with Crippen molar-refractivity contribution in [1.82, 2.24) is 24.8 Å². The molecule has 1 fully saturated rings. The van der Waals surface area contributed by atoms with Crippen molar-refractivity contribution in [3.8, 4) is 11.3 Å². The van der Waals surface area contributed by atoms with Gasteiger partial charge in [-0.3, -0.25) is 9.78 Å². The number of pyridine rings is 2. The number of aryl methyl sites for hydroxylation is 2. The number of rotatable bonds is 3. The molecule has 4 rings (SSSR count). The second kappa shape index (κ2) is 6.84. The van der Waals surface area contributed by atoms with E-state index in [-0.39, 0.29) is 11.6 Å². The molecule has 0 radical (unpaired) electrons. The Labute approximate surface area is 151 Å². The number of anilines is 1. The Bertz CT molecular complexity index is 1010. The molecule has 2 N–H and O–H groups in total. The van der Waals surface area contributed by atoms with Gasteiger partial charge in [-0.05, 0) is 44.5 Å². The minimum absolute atomic E-state index is 0.0915. The van der Waals surface area contributed by atoms with Crippen molar-refractivity contribution in [1.29, 1.82) is 0 Å². The van der Waals surface area contributed by atoms with Crippen LogP contribution in [0.25, 0.3) is 22.2 Å². The first-order valence-corrected chi connectivity index (χ1v) is 8.88. The van der Waals surface area contributed by atoms with Crippen molar-refractivity contribution in [3.05, 3.63) is 46.8 Å². The van der Waals surface area contributed by atoms with E-state index in [1.165, 1.54) is 4.57 Å². The van der Waals surface area contributed by atoms with Crippen LogP contribution in [0.2, 0.25) is 0 Å². The lowest BCUT2D eigenvalue weighted by molar-refractivity contribution is 0.479. The van der Waals surface area contributed by atoms with Crippen LogP contribution in [-0.4, -0.2) is 38.7 Å². The molecule has 3 aromatic heterocycles. The number of hydrogen-bond donors (Lipinski definition) is 2. The van der Waals surface area contributed by atoms with Gasteiger partial charge < -0.3 is 15.2 Å². The Kier molecular flexibility index (Phi) is 4.38. The highest BCUT2D eigenvalue weighted by atomic mass is 16.1. The van der Waals surface area contributed by atoms with Crippen molar-refractivity contribution in [2.24, 2.45) is 7.05 Å². The Morgan fingerprint density at radius 1 is 1.31 bits per heavy atom. The highest BCUT2D eigenvalue weighted by Gasteiger charge is 2.18. The molecule has 26 heavy (non-hydrogen) atoms. The third-order valence-electron chi connectivity index (χ3n) is 4.73. The second-order valence-electron chi connectivity index (χ2n) is 6.78. The zero-order chi connectivity index (χ0) is 18.1. The molecule has 0 bridgehead atoms. The number of hydrogen-bond acceptors (Lipinski definition) is 6. The quantitative estimate of drug-likeness (QED) is 0.750. The maximum atomic E-state index is 12.7. The van der Waals surface area contributed by atoms with E-state index in [0.717, 1.165) is 42.9 Å². The lowest BCUT2D eigenvalue weighted by Crippen LogP contribution is -2.39. The van der Waals surface area contributed by atoms with E-state index < -0.39 is 0 Å². The molecule has 0 aliphatic carbocycles. The molecule has 0 saturated carbocycles. The number of fused-ring (bicyclic) bond motifs is 1. The summed E-state index contributed by atoms with van der Waals surface area (Å²) in [6, 6.07) is 6.03. The molecule has 4 heterocycles. The van der Waals surface area contributed by atoms with Crippen LogP contribution in [0.15, 0.2) is 35.5 Å². The van der Waals surface area contributed by atoms with E-state index in [0.29, 0.717) is 16.7 Å². The van der Waals surface area contributed by atoms with Gasteiger partial charge >= 0.3 is 0 Å². The van der Waals surface area contributed by atoms with Crippen molar-refractivity contribution >= 4 is 16.7 Å². The average molecular weight is 350 g/mol. The third kappa shape index (κ3) is 3.17. The maximum absolute atomic E-state index is 12.7. The van der Waals surface area contributed by atoms with Gasteiger partial charge in [0.15, 0.2) is 0 Å². The van der Waals surface area contributed by atoms with Crippen molar-refractivity contribution < 1.29 is 0 Å². The largest absolute Gasteiger partial charge is 0.365 e. The molecule has 0 amide bonds. The fourth-order valence-corrected chi connectivity index (χ4v) is 3.35. The van der Waals surface area contributed by atoms with Crippen molar-refractivity contribution in [2.45, 2.75) is 25.8 Å². The Morgan fingerprint density at radius 3 is 2.96 bits per heavy atom. The van der Waals surface area contributed by atoms with E-state index in [2.05, 4.69) is 20.6 Å². The smallest absolute Gasteiger partial charge is 0.264 e. The Morgan fingerprint density at radius 2 is 2.19 bits per heavy atom. The highest BCUT2D eigenvalue weighted by molar-refractivity contribution is 5.91. The molecule has 1 unspecified atom stereocenters. The number of aromatic nitrogens is 4. The van der Waals surface area contributed by atoms with E-state index in [9.17, 15) is 4.79 Å². The summed E-state index contributed by atoms with van der Waals surface area (Å²) in [5, 5.41) is 7.40. The molecule has 1 saturated heterocycles. The zero-order valence-corrected chi connectivity index (χ0v) is 15.0. The van der Waals surface area contributed by atoms with Crippen LogP contribution in [0.1, 0.15) is 18.5 Å². The van der Waals surface area contributed by atoms with Gasteiger partial charge in [0.2, 0.25) is 0 Å². The summed E-state index contributed by atoms with van der Waals surface area (Å²) in [5.74, 6) is 0.606. The molecule has 134 valence electrons. The predicted octanol–water partition coefficient (Wildman–Crippen LogP) is 1.86. The lowest BCUT2D eigenvalue weighted by atomic mass is 10.1. The topological polar surface area (TPSA) is 84.7 Å². The van der Waals surface area contributed by atoms with E-state index in [1.807, 2.05) is 25.1 Å². The van der Waals surface area contributed by atoms with Crippen LogP contribution in [-0.2, 0) is 7.05 Å².